The van der Waals surface area contributed by atoms with Crippen LogP contribution in [0.25, 0.3) is 0 Å². The minimum atomic E-state index is -3.49. The smallest absolute Gasteiger partial charge is 0.246 e. The highest BCUT2D eigenvalue weighted by Gasteiger charge is 2.28. The number of aromatic amines is 1. The van der Waals surface area contributed by atoms with Gasteiger partial charge in [-0.1, -0.05) is 20.3 Å². The molecule has 18 heavy (non-hydrogen) atoms. The third-order valence-corrected chi connectivity index (χ3v) is 5.04. The van der Waals surface area contributed by atoms with Crippen molar-refractivity contribution in [2.75, 3.05) is 13.1 Å². The second kappa shape index (κ2) is 6.31. The zero-order chi connectivity index (χ0) is 13.8. The number of hydrogen-bond acceptors (Lipinski definition) is 4. The van der Waals surface area contributed by atoms with Gasteiger partial charge in [0.15, 0.2) is 0 Å². The van der Waals surface area contributed by atoms with E-state index in [1.54, 1.807) is 6.92 Å². The van der Waals surface area contributed by atoms with Gasteiger partial charge in [-0.3, -0.25) is 5.10 Å². The minimum absolute atomic E-state index is 0.115. The van der Waals surface area contributed by atoms with E-state index >= 15 is 0 Å². The van der Waals surface area contributed by atoms with Crippen molar-refractivity contribution < 1.29 is 8.42 Å². The van der Waals surface area contributed by atoms with Crippen molar-refractivity contribution in [2.24, 2.45) is 5.73 Å². The Kier molecular flexibility index (Phi) is 5.30. The van der Waals surface area contributed by atoms with Gasteiger partial charge in [-0.15, -0.1) is 0 Å². The zero-order valence-electron chi connectivity index (χ0n) is 11.2. The summed E-state index contributed by atoms with van der Waals surface area (Å²) in [5.41, 5.74) is 6.49. The molecule has 0 radical (unpaired) electrons. The lowest BCUT2D eigenvalue weighted by atomic mass is 10.3. The molecule has 1 aromatic heterocycles. The van der Waals surface area contributed by atoms with E-state index in [4.69, 9.17) is 5.73 Å². The number of sulfonamides is 1. The van der Waals surface area contributed by atoms with Gasteiger partial charge in [0.2, 0.25) is 10.0 Å². The summed E-state index contributed by atoms with van der Waals surface area (Å²) >= 11 is 0. The number of rotatable bonds is 7. The first-order valence-corrected chi connectivity index (χ1v) is 7.67. The number of aryl methyl sites for hydroxylation is 1. The van der Waals surface area contributed by atoms with Crippen LogP contribution in [0.1, 0.15) is 38.1 Å². The standard InChI is InChI=1S/C11H22N4O2S/c1-4-6-7-15(5-2)18(16,17)11-9(3)13-14-10(11)8-12/h4-8,12H2,1-3H3,(H,13,14). The highest BCUT2D eigenvalue weighted by atomic mass is 32.2. The predicted octanol–water partition coefficient (Wildman–Crippen LogP) is 0.988. The molecule has 1 rings (SSSR count). The highest BCUT2D eigenvalue weighted by Crippen LogP contribution is 2.22. The molecule has 6 nitrogen and oxygen atoms in total. The van der Waals surface area contributed by atoms with Gasteiger partial charge in [0, 0.05) is 19.6 Å². The topological polar surface area (TPSA) is 92.1 Å². The summed E-state index contributed by atoms with van der Waals surface area (Å²) in [5, 5.41) is 6.64. The Morgan fingerprint density at radius 3 is 2.56 bits per heavy atom. The SMILES string of the molecule is CCCCN(CC)S(=O)(=O)c1c(CN)n[nH]c1C. The first kappa shape index (κ1) is 15.1. The molecule has 0 aliphatic heterocycles. The van der Waals surface area contributed by atoms with Crippen LogP contribution in [0, 0.1) is 6.92 Å². The summed E-state index contributed by atoms with van der Waals surface area (Å²) in [4.78, 5) is 0.239. The van der Waals surface area contributed by atoms with E-state index in [0.717, 1.165) is 12.8 Å². The van der Waals surface area contributed by atoms with E-state index in [0.29, 0.717) is 24.5 Å². The molecule has 0 bridgehead atoms. The lowest BCUT2D eigenvalue weighted by Crippen LogP contribution is -2.32. The van der Waals surface area contributed by atoms with Gasteiger partial charge in [0.25, 0.3) is 0 Å². The largest absolute Gasteiger partial charge is 0.325 e. The summed E-state index contributed by atoms with van der Waals surface area (Å²) in [5.74, 6) is 0. The fraction of sp³-hybridized carbons (Fsp3) is 0.727. The lowest BCUT2D eigenvalue weighted by molar-refractivity contribution is 0.418. The molecule has 0 saturated heterocycles. The number of nitrogens with two attached hydrogens (primary N) is 1. The van der Waals surface area contributed by atoms with E-state index in [1.165, 1.54) is 4.31 Å². The Morgan fingerprint density at radius 2 is 2.06 bits per heavy atom. The molecule has 104 valence electrons. The van der Waals surface area contributed by atoms with Crippen LogP contribution in [0.5, 0.6) is 0 Å². The number of hydrogen-bond donors (Lipinski definition) is 2. The maximum absolute atomic E-state index is 12.5. The quantitative estimate of drug-likeness (QED) is 0.775. The Balaban J connectivity index is 3.14. The molecular weight excluding hydrogens is 252 g/mol. The summed E-state index contributed by atoms with van der Waals surface area (Å²) < 4.78 is 26.6. The molecule has 0 unspecified atom stereocenters. The minimum Gasteiger partial charge on any atom is -0.325 e. The van der Waals surface area contributed by atoms with Crippen molar-refractivity contribution >= 4 is 10.0 Å². The molecule has 3 N–H and O–H groups in total. The van der Waals surface area contributed by atoms with E-state index < -0.39 is 10.0 Å². The van der Waals surface area contributed by atoms with Crippen LogP contribution < -0.4 is 5.73 Å². The first-order chi connectivity index (χ1) is 8.48. The van der Waals surface area contributed by atoms with Crippen LogP contribution in [-0.4, -0.2) is 36.0 Å². The molecule has 1 aromatic rings. The number of nitrogens with one attached hydrogen (secondary N) is 1. The molecule has 0 aliphatic carbocycles. The molecule has 0 atom stereocenters. The third kappa shape index (κ3) is 2.90. The van der Waals surface area contributed by atoms with Crippen molar-refractivity contribution in [3.8, 4) is 0 Å². The Bertz CT molecular complexity index is 481. The van der Waals surface area contributed by atoms with Gasteiger partial charge in [0.05, 0.1) is 11.4 Å². The van der Waals surface area contributed by atoms with Crippen LogP contribution >= 0.6 is 0 Å². The van der Waals surface area contributed by atoms with Gasteiger partial charge < -0.3 is 5.73 Å². The van der Waals surface area contributed by atoms with Crippen LogP contribution in [0.15, 0.2) is 4.90 Å². The van der Waals surface area contributed by atoms with Crippen molar-refractivity contribution in [3.63, 3.8) is 0 Å². The van der Waals surface area contributed by atoms with E-state index in [9.17, 15) is 8.42 Å². The Hall–Kier alpha value is -0.920. The fourth-order valence-electron chi connectivity index (χ4n) is 1.86. The molecule has 0 aromatic carbocycles. The Morgan fingerprint density at radius 1 is 1.39 bits per heavy atom. The molecule has 0 saturated carbocycles. The number of nitrogens with zero attached hydrogens (tertiary/aromatic N) is 2. The summed E-state index contributed by atoms with van der Waals surface area (Å²) in [7, 11) is -3.49. The number of H-pyrrole nitrogens is 1. The molecule has 7 heteroatoms. The van der Waals surface area contributed by atoms with Gasteiger partial charge in [0.1, 0.15) is 4.90 Å². The second-order valence-electron chi connectivity index (χ2n) is 4.18. The van der Waals surface area contributed by atoms with Crippen molar-refractivity contribution in [2.45, 2.75) is 45.1 Å². The average Bonchev–Trinajstić information content (AvgIpc) is 2.71. The maximum atomic E-state index is 12.5. The van der Waals surface area contributed by atoms with E-state index in [-0.39, 0.29) is 11.4 Å². The van der Waals surface area contributed by atoms with Gasteiger partial charge in [-0.25, -0.2) is 8.42 Å². The molecule has 0 spiro atoms. The molecular formula is C11H22N4O2S. The van der Waals surface area contributed by atoms with Gasteiger partial charge in [-0.05, 0) is 13.3 Å². The first-order valence-electron chi connectivity index (χ1n) is 6.23. The summed E-state index contributed by atoms with van der Waals surface area (Å²) in [6.45, 7) is 6.68. The molecule has 0 aliphatic rings. The van der Waals surface area contributed by atoms with Gasteiger partial charge >= 0.3 is 0 Å². The summed E-state index contributed by atoms with van der Waals surface area (Å²) in [6, 6.07) is 0. The number of aromatic nitrogens is 2. The highest BCUT2D eigenvalue weighted by molar-refractivity contribution is 7.89. The normalized spacial score (nSPS) is 12.3. The monoisotopic (exact) mass is 274 g/mol. The van der Waals surface area contributed by atoms with Crippen LogP contribution in [0.4, 0.5) is 0 Å². The molecule has 1 heterocycles. The van der Waals surface area contributed by atoms with Crippen LogP contribution in [0.3, 0.4) is 0 Å². The van der Waals surface area contributed by atoms with Crippen LogP contribution in [-0.2, 0) is 16.6 Å². The van der Waals surface area contributed by atoms with Crippen molar-refractivity contribution in [1.29, 1.82) is 0 Å². The maximum Gasteiger partial charge on any atom is 0.246 e. The zero-order valence-corrected chi connectivity index (χ0v) is 12.0. The lowest BCUT2D eigenvalue weighted by Gasteiger charge is -2.20. The second-order valence-corrected chi connectivity index (χ2v) is 6.05. The Labute approximate surface area is 109 Å². The number of unbranched alkanes of at least 4 members (excludes halogenated alkanes) is 1. The van der Waals surface area contributed by atoms with Crippen molar-refractivity contribution in [1.82, 2.24) is 14.5 Å². The summed E-state index contributed by atoms with van der Waals surface area (Å²) in [6.07, 6.45) is 1.81. The van der Waals surface area contributed by atoms with E-state index in [1.807, 2.05) is 13.8 Å². The van der Waals surface area contributed by atoms with Gasteiger partial charge in [-0.2, -0.15) is 9.40 Å². The van der Waals surface area contributed by atoms with Crippen LogP contribution in [0.2, 0.25) is 0 Å². The molecule has 0 amide bonds. The van der Waals surface area contributed by atoms with Crippen molar-refractivity contribution in [3.05, 3.63) is 11.4 Å². The third-order valence-electron chi connectivity index (χ3n) is 2.87. The van der Waals surface area contributed by atoms with E-state index in [2.05, 4.69) is 10.2 Å². The molecule has 0 fully saturated rings. The predicted molar refractivity (Wildman–Crippen MR) is 70.6 cm³/mol. The average molecular weight is 274 g/mol. The fourth-order valence-corrected chi connectivity index (χ4v) is 3.69.